The smallest absolute Gasteiger partial charge is 0.171 e. The van der Waals surface area contributed by atoms with E-state index in [2.05, 4.69) is 25.8 Å². The molecule has 1 aliphatic rings. The molecule has 2 N–H and O–H groups in total. The van der Waals surface area contributed by atoms with Crippen molar-refractivity contribution in [1.29, 1.82) is 0 Å². The molecule has 0 saturated heterocycles. The van der Waals surface area contributed by atoms with Crippen LogP contribution in [0.2, 0.25) is 0 Å². The molecule has 0 aliphatic heterocycles. The van der Waals surface area contributed by atoms with E-state index in [0.717, 1.165) is 17.1 Å². The van der Waals surface area contributed by atoms with E-state index < -0.39 is 0 Å². The maximum Gasteiger partial charge on any atom is 0.171 e. The third-order valence-corrected chi connectivity index (χ3v) is 4.69. The first-order chi connectivity index (χ1) is 8.41. The lowest BCUT2D eigenvalue weighted by Gasteiger charge is -2.21. The molecule has 0 amide bonds. The van der Waals surface area contributed by atoms with E-state index in [1.807, 2.05) is 0 Å². The van der Waals surface area contributed by atoms with Crippen LogP contribution in [-0.4, -0.2) is 19.4 Å². The Morgan fingerprint density at radius 3 is 2.56 bits per heavy atom. The van der Waals surface area contributed by atoms with Crippen molar-refractivity contribution in [3.05, 3.63) is 10.4 Å². The highest BCUT2D eigenvalue weighted by Crippen LogP contribution is 2.51. The standard InChI is InChI=1S/C14H22N2OS/c1-8(2)7-16(4)14-11(10-5-6-10)12(15)13(18-14)9(3)17/h8,10H,5-7,15H2,1-4H3. The van der Waals surface area contributed by atoms with Crippen LogP contribution in [0.15, 0.2) is 0 Å². The lowest BCUT2D eigenvalue weighted by atomic mass is 10.1. The Bertz CT molecular complexity index is 461. The van der Waals surface area contributed by atoms with Crippen LogP contribution in [0.4, 0.5) is 10.7 Å². The Morgan fingerprint density at radius 1 is 1.50 bits per heavy atom. The molecule has 2 rings (SSSR count). The fourth-order valence-electron chi connectivity index (χ4n) is 2.39. The summed E-state index contributed by atoms with van der Waals surface area (Å²) in [4.78, 5) is 14.6. The van der Waals surface area contributed by atoms with Gasteiger partial charge in [-0.1, -0.05) is 13.8 Å². The highest BCUT2D eigenvalue weighted by molar-refractivity contribution is 7.18. The number of anilines is 2. The second kappa shape index (κ2) is 4.92. The summed E-state index contributed by atoms with van der Waals surface area (Å²) in [6.07, 6.45) is 2.42. The number of carbonyl (C=O) groups is 1. The van der Waals surface area contributed by atoms with Gasteiger partial charge in [0.1, 0.15) is 0 Å². The molecule has 3 nitrogen and oxygen atoms in total. The number of hydrogen-bond donors (Lipinski definition) is 1. The monoisotopic (exact) mass is 266 g/mol. The van der Waals surface area contributed by atoms with Gasteiger partial charge in [0.15, 0.2) is 5.78 Å². The number of carbonyl (C=O) groups excluding carboxylic acids is 1. The largest absolute Gasteiger partial charge is 0.397 e. The summed E-state index contributed by atoms with van der Waals surface area (Å²) in [5.41, 5.74) is 8.14. The number of hydrogen-bond acceptors (Lipinski definition) is 4. The second-order valence-corrected chi connectivity index (χ2v) is 6.67. The summed E-state index contributed by atoms with van der Waals surface area (Å²) in [6.45, 7) is 7.01. The molecule has 0 aromatic carbocycles. The third kappa shape index (κ3) is 2.53. The zero-order chi connectivity index (χ0) is 13.4. The first-order valence-corrected chi connectivity index (χ1v) is 7.37. The van der Waals surface area contributed by atoms with Gasteiger partial charge in [0.2, 0.25) is 0 Å². The van der Waals surface area contributed by atoms with Crippen LogP contribution >= 0.6 is 11.3 Å². The lowest BCUT2D eigenvalue weighted by Crippen LogP contribution is -2.22. The van der Waals surface area contributed by atoms with Gasteiger partial charge in [0, 0.05) is 26.1 Å². The Hall–Kier alpha value is -1.03. The van der Waals surface area contributed by atoms with E-state index in [-0.39, 0.29) is 5.78 Å². The second-order valence-electron chi connectivity index (χ2n) is 5.67. The third-order valence-electron chi connectivity index (χ3n) is 3.26. The van der Waals surface area contributed by atoms with Crippen LogP contribution in [-0.2, 0) is 0 Å². The Balaban J connectivity index is 2.38. The van der Waals surface area contributed by atoms with E-state index in [1.165, 1.54) is 23.4 Å². The van der Waals surface area contributed by atoms with Gasteiger partial charge in [-0.3, -0.25) is 4.79 Å². The minimum absolute atomic E-state index is 0.0867. The average molecular weight is 266 g/mol. The van der Waals surface area contributed by atoms with Crippen molar-refractivity contribution in [2.24, 2.45) is 5.92 Å². The maximum absolute atomic E-state index is 11.6. The molecule has 1 saturated carbocycles. The minimum Gasteiger partial charge on any atom is -0.397 e. The number of rotatable bonds is 5. The van der Waals surface area contributed by atoms with Gasteiger partial charge in [-0.05, 0) is 24.7 Å². The summed E-state index contributed by atoms with van der Waals surface area (Å²) in [6, 6.07) is 0. The molecule has 18 heavy (non-hydrogen) atoms. The molecule has 1 fully saturated rings. The van der Waals surface area contributed by atoms with Crippen molar-refractivity contribution in [1.82, 2.24) is 0 Å². The molecular weight excluding hydrogens is 244 g/mol. The van der Waals surface area contributed by atoms with Gasteiger partial charge in [0.25, 0.3) is 0 Å². The first kappa shape index (κ1) is 13.4. The van der Waals surface area contributed by atoms with Crippen molar-refractivity contribution in [3.63, 3.8) is 0 Å². The van der Waals surface area contributed by atoms with Crippen LogP contribution in [0.25, 0.3) is 0 Å². The highest BCUT2D eigenvalue weighted by Gasteiger charge is 2.33. The zero-order valence-corrected chi connectivity index (χ0v) is 12.4. The molecule has 0 unspecified atom stereocenters. The summed E-state index contributed by atoms with van der Waals surface area (Å²) >= 11 is 1.56. The average Bonchev–Trinajstić information content (AvgIpc) is 3.01. The maximum atomic E-state index is 11.6. The predicted molar refractivity (Wildman–Crippen MR) is 78.8 cm³/mol. The molecule has 1 aromatic heterocycles. The molecule has 1 heterocycles. The molecule has 100 valence electrons. The van der Waals surface area contributed by atoms with Crippen molar-refractivity contribution in [2.45, 2.75) is 39.5 Å². The summed E-state index contributed by atoms with van der Waals surface area (Å²) in [7, 11) is 2.10. The van der Waals surface area contributed by atoms with Crippen LogP contribution in [0, 0.1) is 5.92 Å². The lowest BCUT2D eigenvalue weighted by molar-refractivity contribution is 0.102. The fraction of sp³-hybridized carbons (Fsp3) is 0.643. The quantitative estimate of drug-likeness (QED) is 0.830. The van der Waals surface area contributed by atoms with Crippen LogP contribution in [0.1, 0.15) is 54.8 Å². The van der Waals surface area contributed by atoms with Crippen molar-refractivity contribution in [3.8, 4) is 0 Å². The molecule has 0 atom stereocenters. The van der Waals surface area contributed by atoms with E-state index in [9.17, 15) is 4.79 Å². The Morgan fingerprint density at radius 2 is 2.11 bits per heavy atom. The van der Waals surface area contributed by atoms with Crippen LogP contribution in [0.5, 0.6) is 0 Å². The van der Waals surface area contributed by atoms with Crippen LogP contribution in [0.3, 0.4) is 0 Å². The first-order valence-electron chi connectivity index (χ1n) is 6.56. The van der Waals surface area contributed by atoms with Gasteiger partial charge < -0.3 is 10.6 Å². The number of nitrogen functional groups attached to an aromatic ring is 1. The van der Waals surface area contributed by atoms with E-state index in [1.54, 1.807) is 18.3 Å². The number of nitrogens with two attached hydrogens (primary N) is 1. The molecule has 0 radical (unpaired) electrons. The van der Waals surface area contributed by atoms with Gasteiger partial charge in [0.05, 0.1) is 15.6 Å². The van der Waals surface area contributed by atoms with Gasteiger partial charge in [-0.25, -0.2) is 0 Å². The Kier molecular flexibility index (Phi) is 3.66. The van der Waals surface area contributed by atoms with E-state index in [4.69, 9.17) is 5.73 Å². The summed E-state index contributed by atoms with van der Waals surface area (Å²) < 4.78 is 0. The van der Waals surface area contributed by atoms with E-state index >= 15 is 0 Å². The van der Waals surface area contributed by atoms with Gasteiger partial charge in [-0.15, -0.1) is 11.3 Å². The number of Topliss-reactive ketones (excluding diaryl/α,β-unsaturated/α-hetero) is 1. The topological polar surface area (TPSA) is 46.3 Å². The molecule has 1 aliphatic carbocycles. The highest BCUT2D eigenvalue weighted by atomic mass is 32.1. The zero-order valence-electron chi connectivity index (χ0n) is 11.6. The van der Waals surface area contributed by atoms with Crippen molar-refractivity contribution >= 4 is 27.8 Å². The van der Waals surface area contributed by atoms with Gasteiger partial charge >= 0.3 is 0 Å². The molecule has 0 bridgehead atoms. The number of thiophene rings is 1. The van der Waals surface area contributed by atoms with Gasteiger partial charge in [-0.2, -0.15) is 0 Å². The predicted octanol–water partition coefficient (Wildman–Crippen LogP) is 3.50. The molecule has 1 aromatic rings. The molecule has 0 spiro atoms. The van der Waals surface area contributed by atoms with Crippen molar-refractivity contribution in [2.75, 3.05) is 24.2 Å². The Labute approximate surface area is 113 Å². The summed E-state index contributed by atoms with van der Waals surface area (Å²) in [5.74, 6) is 1.27. The number of nitrogens with zero attached hydrogens (tertiary/aromatic N) is 1. The van der Waals surface area contributed by atoms with E-state index in [0.29, 0.717) is 11.8 Å². The summed E-state index contributed by atoms with van der Waals surface area (Å²) in [5, 5.41) is 1.20. The number of ketones is 1. The SMILES string of the molecule is CC(=O)c1sc(N(C)CC(C)C)c(C2CC2)c1N. The van der Waals surface area contributed by atoms with Crippen LogP contribution < -0.4 is 10.6 Å². The molecule has 4 heteroatoms. The fourth-order valence-corrected chi connectivity index (χ4v) is 3.56. The van der Waals surface area contributed by atoms with Crippen molar-refractivity contribution < 1.29 is 4.79 Å². The molecular formula is C14H22N2OS. The normalized spacial score (nSPS) is 15.2. The minimum atomic E-state index is 0.0867.